The van der Waals surface area contributed by atoms with Crippen LogP contribution in [-0.4, -0.2) is 47.6 Å². The molecule has 1 N–H and O–H groups in total. The predicted octanol–water partition coefficient (Wildman–Crippen LogP) is 3.37. The zero-order valence-electron chi connectivity index (χ0n) is 13.2. The molecule has 1 aliphatic carbocycles. The number of rotatable bonds is 5. The SMILES string of the molecule is CCC(CSC)N1CC2(CCCC2)NCC1C(C)C. The summed E-state index contributed by atoms with van der Waals surface area (Å²) in [6.45, 7) is 9.62. The molecular formula is C16H32N2S. The monoisotopic (exact) mass is 284 g/mol. The molecule has 0 aromatic carbocycles. The van der Waals surface area contributed by atoms with Crippen molar-refractivity contribution in [2.75, 3.05) is 25.1 Å². The highest BCUT2D eigenvalue weighted by molar-refractivity contribution is 7.98. The largest absolute Gasteiger partial charge is 0.308 e. The lowest BCUT2D eigenvalue weighted by Crippen LogP contribution is -2.66. The summed E-state index contributed by atoms with van der Waals surface area (Å²) in [7, 11) is 0. The quantitative estimate of drug-likeness (QED) is 0.833. The highest BCUT2D eigenvalue weighted by Crippen LogP contribution is 2.35. The van der Waals surface area contributed by atoms with E-state index in [1.54, 1.807) is 0 Å². The van der Waals surface area contributed by atoms with Gasteiger partial charge in [0.25, 0.3) is 0 Å². The van der Waals surface area contributed by atoms with Crippen LogP contribution in [0.1, 0.15) is 52.9 Å². The lowest BCUT2D eigenvalue weighted by atomic mass is 9.87. The van der Waals surface area contributed by atoms with E-state index in [4.69, 9.17) is 0 Å². The molecule has 19 heavy (non-hydrogen) atoms. The van der Waals surface area contributed by atoms with Gasteiger partial charge in [0.15, 0.2) is 0 Å². The number of nitrogens with zero attached hydrogens (tertiary/aromatic N) is 1. The van der Waals surface area contributed by atoms with Crippen LogP contribution < -0.4 is 5.32 Å². The molecule has 0 radical (unpaired) electrons. The van der Waals surface area contributed by atoms with Crippen LogP contribution in [0.5, 0.6) is 0 Å². The van der Waals surface area contributed by atoms with Crippen LogP contribution in [0.15, 0.2) is 0 Å². The average Bonchev–Trinajstić information content (AvgIpc) is 2.83. The van der Waals surface area contributed by atoms with E-state index in [1.807, 2.05) is 11.8 Å². The van der Waals surface area contributed by atoms with E-state index in [2.05, 4.69) is 37.2 Å². The van der Waals surface area contributed by atoms with Crippen molar-refractivity contribution in [2.24, 2.45) is 5.92 Å². The third kappa shape index (κ3) is 3.48. The molecule has 2 nitrogen and oxygen atoms in total. The maximum Gasteiger partial charge on any atom is 0.0309 e. The molecule has 2 aliphatic rings. The maximum absolute atomic E-state index is 3.93. The fourth-order valence-corrected chi connectivity index (χ4v) is 4.82. The van der Waals surface area contributed by atoms with E-state index in [0.29, 0.717) is 5.54 Å². The summed E-state index contributed by atoms with van der Waals surface area (Å²) in [4.78, 5) is 2.86. The zero-order valence-corrected chi connectivity index (χ0v) is 14.1. The number of thioether (sulfide) groups is 1. The Bertz CT molecular complexity index is 274. The van der Waals surface area contributed by atoms with Crippen molar-refractivity contribution in [1.82, 2.24) is 10.2 Å². The van der Waals surface area contributed by atoms with Gasteiger partial charge in [-0.1, -0.05) is 33.6 Å². The van der Waals surface area contributed by atoms with Crippen molar-refractivity contribution >= 4 is 11.8 Å². The fraction of sp³-hybridized carbons (Fsp3) is 1.00. The Hall–Kier alpha value is 0.270. The Kier molecular flexibility index (Phi) is 5.62. The summed E-state index contributed by atoms with van der Waals surface area (Å²) in [5, 5.41) is 3.93. The molecule has 0 aromatic heterocycles. The second kappa shape index (κ2) is 6.82. The number of nitrogens with one attached hydrogen (secondary N) is 1. The summed E-state index contributed by atoms with van der Waals surface area (Å²) < 4.78 is 0. The second-order valence-corrected chi connectivity index (χ2v) is 7.78. The molecule has 1 saturated carbocycles. The molecular weight excluding hydrogens is 252 g/mol. The van der Waals surface area contributed by atoms with E-state index in [0.717, 1.165) is 18.0 Å². The van der Waals surface area contributed by atoms with Crippen molar-refractivity contribution < 1.29 is 0 Å². The van der Waals surface area contributed by atoms with Gasteiger partial charge in [0.2, 0.25) is 0 Å². The van der Waals surface area contributed by atoms with Gasteiger partial charge in [-0.2, -0.15) is 11.8 Å². The van der Waals surface area contributed by atoms with Crippen LogP contribution >= 0.6 is 11.8 Å². The van der Waals surface area contributed by atoms with E-state index >= 15 is 0 Å². The molecule has 1 heterocycles. The number of hydrogen-bond donors (Lipinski definition) is 1. The van der Waals surface area contributed by atoms with Gasteiger partial charge in [-0.25, -0.2) is 0 Å². The van der Waals surface area contributed by atoms with Gasteiger partial charge < -0.3 is 5.32 Å². The normalized spacial score (nSPS) is 29.2. The van der Waals surface area contributed by atoms with Crippen LogP contribution in [-0.2, 0) is 0 Å². The Labute approximate surface area is 124 Å². The maximum atomic E-state index is 3.93. The van der Waals surface area contributed by atoms with Crippen molar-refractivity contribution in [2.45, 2.75) is 70.5 Å². The Morgan fingerprint density at radius 2 is 2.00 bits per heavy atom. The molecule has 3 heteroatoms. The molecule has 2 unspecified atom stereocenters. The smallest absolute Gasteiger partial charge is 0.0309 e. The van der Waals surface area contributed by atoms with Gasteiger partial charge in [-0.3, -0.25) is 4.90 Å². The number of piperazine rings is 1. The first-order valence-electron chi connectivity index (χ1n) is 8.11. The summed E-state index contributed by atoms with van der Waals surface area (Å²) >= 11 is 2.01. The van der Waals surface area contributed by atoms with Crippen LogP contribution in [0.4, 0.5) is 0 Å². The summed E-state index contributed by atoms with van der Waals surface area (Å²) in [5.41, 5.74) is 0.456. The first-order valence-corrected chi connectivity index (χ1v) is 9.51. The molecule has 2 rings (SSSR count). The molecule has 1 aliphatic heterocycles. The minimum absolute atomic E-state index is 0.456. The topological polar surface area (TPSA) is 15.3 Å². The molecule has 2 fully saturated rings. The Morgan fingerprint density at radius 1 is 1.32 bits per heavy atom. The van der Waals surface area contributed by atoms with Gasteiger partial charge >= 0.3 is 0 Å². The minimum atomic E-state index is 0.456. The average molecular weight is 285 g/mol. The lowest BCUT2D eigenvalue weighted by molar-refractivity contribution is 0.0278. The van der Waals surface area contributed by atoms with E-state index in [1.165, 1.54) is 50.9 Å². The lowest BCUT2D eigenvalue weighted by Gasteiger charge is -2.50. The third-order valence-corrected chi connectivity index (χ3v) is 5.95. The van der Waals surface area contributed by atoms with E-state index < -0.39 is 0 Å². The van der Waals surface area contributed by atoms with Crippen molar-refractivity contribution in [1.29, 1.82) is 0 Å². The van der Waals surface area contributed by atoms with Gasteiger partial charge in [-0.05, 0) is 31.4 Å². The highest BCUT2D eigenvalue weighted by atomic mass is 32.2. The van der Waals surface area contributed by atoms with E-state index in [-0.39, 0.29) is 0 Å². The molecule has 0 aromatic rings. The van der Waals surface area contributed by atoms with Crippen LogP contribution in [0.2, 0.25) is 0 Å². The predicted molar refractivity (Wildman–Crippen MR) is 87.0 cm³/mol. The number of hydrogen-bond acceptors (Lipinski definition) is 3. The third-order valence-electron chi connectivity index (χ3n) is 5.23. The van der Waals surface area contributed by atoms with E-state index in [9.17, 15) is 0 Å². The minimum Gasteiger partial charge on any atom is -0.308 e. The highest BCUT2D eigenvalue weighted by Gasteiger charge is 2.43. The summed E-state index contributed by atoms with van der Waals surface area (Å²) in [6.07, 6.45) is 9.17. The standard InChI is InChI=1S/C16H32N2S/c1-5-14(11-19-4)18-12-16(8-6-7-9-16)17-10-15(18)13(2)3/h13-15,17H,5-12H2,1-4H3. The van der Waals surface area contributed by atoms with Gasteiger partial charge in [-0.15, -0.1) is 0 Å². The van der Waals surface area contributed by atoms with Gasteiger partial charge in [0.1, 0.15) is 0 Å². The fourth-order valence-electron chi connectivity index (χ4n) is 4.01. The van der Waals surface area contributed by atoms with Crippen LogP contribution in [0, 0.1) is 5.92 Å². The van der Waals surface area contributed by atoms with Gasteiger partial charge in [0.05, 0.1) is 0 Å². The van der Waals surface area contributed by atoms with Crippen LogP contribution in [0.25, 0.3) is 0 Å². The van der Waals surface area contributed by atoms with Crippen molar-refractivity contribution in [3.05, 3.63) is 0 Å². The van der Waals surface area contributed by atoms with Crippen LogP contribution in [0.3, 0.4) is 0 Å². The molecule has 2 atom stereocenters. The van der Waals surface area contributed by atoms with Gasteiger partial charge in [0, 0.05) is 36.5 Å². The van der Waals surface area contributed by atoms with Crippen molar-refractivity contribution in [3.63, 3.8) is 0 Å². The summed E-state index contributed by atoms with van der Waals surface area (Å²) in [6, 6.07) is 1.49. The second-order valence-electron chi connectivity index (χ2n) is 6.87. The first-order chi connectivity index (χ1) is 9.12. The first kappa shape index (κ1) is 15.7. The Balaban J connectivity index is 2.11. The molecule has 1 spiro atoms. The van der Waals surface area contributed by atoms with Crippen molar-refractivity contribution in [3.8, 4) is 0 Å². The molecule has 0 bridgehead atoms. The Morgan fingerprint density at radius 3 is 2.53 bits per heavy atom. The molecule has 0 amide bonds. The molecule has 1 saturated heterocycles. The summed E-state index contributed by atoms with van der Waals surface area (Å²) in [5.74, 6) is 2.04. The molecule has 112 valence electrons. The zero-order chi connectivity index (χ0) is 13.9.